The zero-order valence-corrected chi connectivity index (χ0v) is 14.0. The molecule has 1 heterocycles. The van der Waals surface area contributed by atoms with E-state index in [1.807, 2.05) is 6.92 Å². The number of benzene rings is 1. The molecule has 23 heavy (non-hydrogen) atoms. The molecule has 124 valence electrons. The van der Waals surface area contributed by atoms with Gasteiger partial charge in [0.2, 0.25) is 0 Å². The van der Waals surface area contributed by atoms with Crippen LogP contribution in [0.2, 0.25) is 0 Å². The maximum Gasteiger partial charge on any atom is 0.265 e. The molecule has 2 aromatic rings. The molecule has 0 saturated heterocycles. The van der Waals surface area contributed by atoms with Gasteiger partial charge in [-0.15, -0.1) is 5.10 Å². The van der Waals surface area contributed by atoms with Crippen LogP contribution in [0.3, 0.4) is 0 Å². The van der Waals surface area contributed by atoms with E-state index in [1.165, 1.54) is 7.11 Å². The zero-order valence-electron chi connectivity index (χ0n) is 13.2. The summed E-state index contributed by atoms with van der Waals surface area (Å²) < 4.78 is 14.2. The second-order valence-electron chi connectivity index (χ2n) is 4.74. The SMILES string of the molecule is CCc1nnsc1C(=O)NCC(O)c1cc(OC)ccc1OC. The van der Waals surface area contributed by atoms with Gasteiger partial charge in [-0.1, -0.05) is 11.4 Å². The first-order valence-electron chi connectivity index (χ1n) is 7.10. The number of carbonyl (C=O) groups is 1. The number of carbonyl (C=O) groups excluding carboxylic acids is 1. The van der Waals surface area contributed by atoms with Gasteiger partial charge < -0.3 is 19.9 Å². The average Bonchev–Trinajstić information content (AvgIpc) is 3.07. The van der Waals surface area contributed by atoms with Crippen molar-refractivity contribution in [2.24, 2.45) is 0 Å². The van der Waals surface area contributed by atoms with Crippen LogP contribution in [0.5, 0.6) is 11.5 Å². The van der Waals surface area contributed by atoms with Crippen LogP contribution >= 0.6 is 11.5 Å². The van der Waals surface area contributed by atoms with Crippen molar-refractivity contribution in [3.05, 3.63) is 34.3 Å². The number of nitrogens with one attached hydrogen (secondary N) is 1. The summed E-state index contributed by atoms with van der Waals surface area (Å²) in [5.41, 5.74) is 1.20. The summed E-state index contributed by atoms with van der Waals surface area (Å²) in [4.78, 5) is 12.6. The van der Waals surface area contributed by atoms with E-state index in [4.69, 9.17) is 9.47 Å². The maximum atomic E-state index is 12.2. The Hall–Kier alpha value is -2.19. The van der Waals surface area contributed by atoms with Gasteiger partial charge in [0.05, 0.1) is 19.9 Å². The fraction of sp³-hybridized carbons (Fsp3) is 0.400. The number of rotatable bonds is 7. The summed E-state index contributed by atoms with van der Waals surface area (Å²) in [6.07, 6.45) is -0.291. The predicted molar refractivity (Wildman–Crippen MR) is 86.1 cm³/mol. The first kappa shape index (κ1) is 17.2. The normalized spacial score (nSPS) is 11.8. The van der Waals surface area contributed by atoms with E-state index in [0.717, 1.165) is 11.5 Å². The van der Waals surface area contributed by atoms with E-state index < -0.39 is 6.10 Å². The van der Waals surface area contributed by atoms with Gasteiger partial charge in [0.15, 0.2) is 0 Å². The topological polar surface area (TPSA) is 93.6 Å². The van der Waals surface area contributed by atoms with Crippen LogP contribution in [0.25, 0.3) is 0 Å². The number of methoxy groups -OCH3 is 2. The molecule has 1 aromatic heterocycles. The van der Waals surface area contributed by atoms with E-state index in [2.05, 4.69) is 14.9 Å². The molecule has 1 unspecified atom stereocenters. The van der Waals surface area contributed by atoms with E-state index in [0.29, 0.717) is 34.1 Å². The van der Waals surface area contributed by atoms with Crippen LogP contribution in [0.15, 0.2) is 18.2 Å². The van der Waals surface area contributed by atoms with E-state index >= 15 is 0 Å². The van der Waals surface area contributed by atoms with Crippen LogP contribution in [0.1, 0.15) is 34.0 Å². The lowest BCUT2D eigenvalue weighted by atomic mass is 10.1. The lowest BCUT2D eigenvalue weighted by Crippen LogP contribution is -2.28. The molecule has 1 atom stereocenters. The molecule has 1 amide bonds. The number of hydrogen-bond donors (Lipinski definition) is 2. The molecule has 0 saturated carbocycles. The Kier molecular flexibility index (Phi) is 5.89. The molecule has 0 aliphatic carbocycles. The van der Waals surface area contributed by atoms with Crippen LogP contribution in [0.4, 0.5) is 0 Å². The smallest absolute Gasteiger partial charge is 0.265 e. The number of aliphatic hydroxyl groups is 1. The highest BCUT2D eigenvalue weighted by Crippen LogP contribution is 2.29. The van der Waals surface area contributed by atoms with Crippen molar-refractivity contribution in [1.82, 2.24) is 14.9 Å². The minimum Gasteiger partial charge on any atom is -0.497 e. The van der Waals surface area contributed by atoms with Crippen molar-refractivity contribution < 1.29 is 19.4 Å². The number of amides is 1. The number of ether oxygens (including phenoxy) is 2. The first-order valence-corrected chi connectivity index (χ1v) is 7.87. The third-order valence-electron chi connectivity index (χ3n) is 3.35. The summed E-state index contributed by atoms with van der Waals surface area (Å²) in [7, 11) is 3.07. The second-order valence-corrected chi connectivity index (χ2v) is 5.49. The molecular formula is C15H19N3O4S. The maximum absolute atomic E-state index is 12.2. The molecular weight excluding hydrogens is 318 g/mol. The monoisotopic (exact) mass is 337 g/mol. The Morgan fingerprint density at radius 3 is 2.83 bits per heavy atom. The number of nitrogens with zero attached hydrogens (tertiary/aromatic N) is 2. The summed E-state index contributed by atoms with van der Waals surface area (Å²) in [6.45, 7) is 1.95. The van der Waals surface area contributed by atoms with Crippen LogP contribution in [-0.4, -0.2) is 41.4 Å². The third kappa shape index (κ3) is 3.96. The lowest BCUT2D eigenvalue weighted by molar-refractivity contribution is 0.0917. The fourth-order valence-electron chi connectivity index (χ4n) is 2.09. The largest absolute Gasteiger partial charge is 0.497 e. The molecule has 2 rings (SSSR count). The zero-order chi connectivity index (χ0) is 16.8. The van der Waals surface area contributed by atoms with Crippen molar-refractivity contribution in [1.29, 1.82) is 0 Å². The Morgan fingerprint density at radius 2 is 2.17 bits per heavy atom. The lowest BCUT2D eigenvalue weighted by Gasteiger charge is -2.16. The van der Waals surface area contributed by atoms with Gasteiger partial charge in [-0.25, -0.2) is 0 Å². The highest BCUT2D eigenvalue weighted by atomic mass is 32.1. The average molecular weight is 337 g/mol. The van der Waals surface area contributed by atoms with Crippen molar-refractivity contribution in [3.8, 4) is 11.5 Å². The Bertz CT molecular complexity index is 674. The second kappa shape index (κ2) is 7.89. The molecule has 2 N–H and O–H groups in total. The summed E-state index contributed by atoms with van der Waals surface area (Å²) in [6, 6.07) is 5.13. The van der Waals surface area contributed by atoms with Crippen LogP contribution < -0.4 is 14.8 Å². The van der Waals surface area contributed by atoms with Crippen molar-refractivity contribution in [2.45, 2.75) is 19.4 Å². The number of aromatic nitrogens is 2. The Balaban J connectivity index is 2.07. The molecule has 0 aliphatic rings. The van der Waals surface area contributed by atoms with Gasteiger partial charge in [-0.3, -0.25) is 4.79 Å². The minimum absolute atomic E-state index is 0.0451. The van der Waals surface area contributed by atoms with Gasteiger partial charge in [0.1, 0.15) is 22.5 Å². The quantitative estimate of drug-likeness (QED) is 0.797. The van der Waals surface area contributed by atoms with E-state index in [9.17, 15) is 9.90 Å². The van der Waals surface area contributed by atoms with Crippen LogP contribution in [-0.2, 0) is 6.42 Å². The molecule has 1 aromatic carbocycles. The van der Waals surface area contributed by atoms with E-state index in [-0.39, 0.29) is 12.5 Å². The highest BCUT2D eigenvalue weighted by molar-refractivity contribution is 7.08. The predicted octanol–water partition coefficient (Wildman–Crippen LogP) is 1.58. The van der Waals surface area contributed by atoms with Gasteiger partial charge in [0.25, 0.3) is 5.91 Å². The first-order chi connectivity index (χ1) is 11.1. The molecule has 0 fully saturated rings. The number of hydrogen-bond acceptors (Lipinski definition) is 7. The number of aliphatic hydroxyl groups excluding tert-OH is 1. The number of aryl methyl sites for hydroxylation is 1. The summed E-state index contributed by atoms with van der Waals surface area (Å²) >= 11 is 1.04. The summed E-state index contributed by atoms with van der Waals surface area (Å²) in [5, 5.41) is 16.9. The third-order valence-corrected chi connectivity index (χ3v) is 4.12. The Labute approximate surface area is 138 Å². The van der Waals surface area contributed by atoms with Gasteiger partial charge in [-0.05, 0) is 36.2 Å². The van der Waals surface area contributed by atoms with Gasteiger partial charge >= 0.3 is 0 Å². The van der Waals surface area contributed by atoms with E-state index in [1.54, 1.807) is 25.3 Å². The van der Waals surface area contributed by atoms with Crippen molar-refractivity contribution >= 4 is 17.4 Å². The summed E-state index contributed by atoms with van der Waals surface area (Å²) in [5.74, 6) is 0.838. The molecule has 0 aliphatic heterocycles. The molecule has 0 spiro atoms. The fourth-order valence-corrected chi connectivity index (χ4v) is 2.76. The van der Waals surface area contributed by atoms with Gasteiger partial charge in [0, 0.05) is 12.1 Å². The standard InChI is InChI=1S/C15H19N3O4S/c1-4-11-14(23-18-17-11)15(20)16-8-12(19)10-7-9(21-2)5-6-13(10)22-3/h5-7,12,19H,4,8H2,1-3H3,(H,16,20). The van der Waals surface area contributed by atoms with Crippen LogP contribution in [0, 0.1) is 0 Å². The van der Waals surface area contributed by atoms with Gasteiger partial charge in [-0.2, -0.15) is 0 Å². The Morgan fingerprint density at radius 1 is 1.39 bits per heavy atom. The van der Waals surface area contributed by atoms with Crippen molar-refractivity contribution in [2.75, 3.05) is 20.8 Å². The van der Waals surface area contributed by atoms with Crippen molar-refractivity contribution in [3.63, 3.8) is 0 Å². The molecule has 8 heteroatoms. The highest BCUT2D eigenvalue weighted by Gasteiger charge is 2.19. The molecule has 0 bridgehead atoms. The minimum atomic E-state index is -0.921. The molecule has 0 radical (unpaired) electrons. The molecule has 7 nitrogen and oxygen atoms in total.